The summed E-state index contributed by atoms with van der Waals surface area (Å²) in [5, 5.41) is 3.74. The van der Waals surface area contributed by atoms with Gasteiger partial charge in [-0.2, -0.15) is 0 Å². The number of methoxy groups -OCH3 is 1. The molecule has 96 valence electrons. The molecule has 1 aliphatic rings. The summed E-state index contributed by atoms with van der Waals surface area (Å²) in [5.74, 6) is 0.928. The molecule has 0 aliphatic heterocycles. The molecule has 2 nitrogen and oxygen atoms in total. The average Bonchev–Trinajstić information content (AvgIpc) is 2.35. The molecule has 1 unspecified atom stereocenters. The summed E-state index contributed by atoms with van der Waals surface area (Å²) in [6, 6.07) is 0.746. The Morgan fingerprint density at radius 1 is 1.25 bits per heavy atom. The maximum absolute atomic E-state index is 5.16. The minimum absolute atomic E-state index is 0.746. The molecule has 1 aliphatic carbocycles. The van der Waals surface area contributed by atoms with Crippen LogP contribution in [0.4, 0.5) is 0 Å². The van der Waals surface area contributed by atoms with Gasteiger partial charge in [-0.15, -0.1) is 0 Å². The van der Waals surface area contributed by atoms with Crippen LogP contribution in [0.3, 0.4) is 0 Å². The fourth-order valence-electron chi connectivity index (χ4n) is 2.82. The van der Waals surface area contributed by atoms with Crippen LogP contribution in [0.1, 0.15) is 58.3 Å². The first kappa shape index (κ1) is 14.0. The van der Waals surface area contributed by atoms with E-state index in [0.29, 0.717) is 0 Å². The van der Waals surface area contributed by atoms with Crippen LogP contribution in [0, 0.1) is 5.92 Å². The molecule has 0 amide bonds. The number of hydrogen-bond acceptors (Lipinski definition) is 2. The van der Waals surface area contributed by atoms with E-state index >= 15 is 0 Å². The van der Waals surface area contributed by atoms with Crippen LogP contribution in [0.5, 0.6) is 0 Å². The molecular weight excluding hydrogens is 198 g/mol. The van der Waals surface area contributed by atoms with Crippen LogP contribution in [0.2, 0.25) is 0 Å². The van der Waals surface area contributed by atoms with Gasteiger partial charge in [0.05, 0.1) is 0 Å². The summed E-state index contributed by atoms with van der Waals surface area (Å²) in [5.41, 5.74) is 0. The predicted octanol–water partition coefficient (Wildman–Crippen LogP) is 3.36. The van der Waals surface area contributed by atoms with E-state index in [9.17, 15) is 0 Å². The lowest BCUT2D eigenvalue weighted by Crippen LogP contribution is -2.37. The van der Waals surface area contributed by atoms with E-state index in [1.54, 1.807) is 7.11 Å². The van der Waals surface area contributed by atoms with Crippen LogP contribution >= 0.6 is 0 Å². The van der Waals surface area contributed by atoms with Gasteiger partial charge < -0.3 is 10.1 Å². The number of hydrogen-bond donors (Lipinski definition) is 1. The Balaban J connectivity index is 2.28. The van der Waals surface area contributed by atoms with Crippen molar-refractivity contribution in [2.75, 3.05) is 20.3 Å². The second-order valence-electron chi connectivity index (χ2n) is 5.09. The van der Waals surface area contributed by atoms with Gasteiger partial charge in [0.2, 0.25) is 0 Å². The lowest BCUT2D eigenvalue weighted by molar-refractivity contribution is 0.177. The molecule has 1 saturated carbocycles. The van der Waals surface area contributed by atoms with Crippen molar-refractivity contribution in [3.8, 4) is 0 Å². The summed E-state index contributed by atoms with van der Waals surface area (Å²) in [6.07, 6.45) is 11.0. The summed E-state index contributed by atoms with van der Waals surface area (Å²) in [4.78, 5) is 0. The third kappa shape index (κ3) is 5.31. The maximum atomic E-state index is 5.16. The van der Waals surface area contributed by atoms with Crippen molar-refractivity contribution in [2.45, 2.75) is 64.3 Å². The Hall–Kier alpha value is -0.0800. The summed E-state index contributed by atoms with van der Waals surface area (Å²) in [6.45, 7) is 4.34. The van der Waals surface area contributed by atoms with Crippen molar-refractivity contribution in [1.29, 1.82) is 0 Å². The zero-order chi connectivity index (χ0) is 11.6. The van der Waals surface area contributed by atoms with Gasteiger partial charge in [-0.25, -0.2) is 0 Å². The molecule has 0 radical (unpaired) electrons. The first-order valence-corrected chi connectivity index (χ1v) is 7.10. The Morgan fingerprint density at radius 3 is 2.62 bits per heavy atom. The molecule has 0 aromatic rings. The second kappa shape index (κ2) is 9.00. The summed E-state index contributed by atoms with van der Waals surface area (Å²) >= 11 is 0. The average molecular weight is 227 g/mol. The van der Waals surface area contributed by atoms with E-state index in [1.165, 1.54) is 57.9 Å². The highest BCUT2D eigenvalue weighted by Crippen LogP contribution is 2.28. The molecule has 1 atom stereocenters. The number of nitrogens with one attached hydrogen (secondary N) is 1. The number of ether oxygens (including phenoxy) is 1. The molecule has 1 fully saturated rings. The normalized spacial score (nSPS) is 19.9. The topological polar surface area (TPSA) is 21.3 Å². The minimum atomic E-state index is 0.746. The molecule has 0 aromatic carbocycles. The molecule has 0 saturated heterocycles. The molecule has 0 spiro atoms. The molecule has 0 bridgehead atoms. The Morgan fingerprint density at radius 2 is 2.00 bits per heavy atom. The molecular formula is C14H29NO. The maximum Gasteiger partial charge on any atom is 0.0462 e. The number of rotatable bonds is 8. The molecule has 2 heteroatoms. The zero-order valence-corrected chi connectivity index (χ0v) is 11.1. The van der Waals surface area contributed by atoms with E-state index < -0.39 is 0 Å². The highest BCUT2D eigenvalue weighted by molar-refractivity contribution is 4.79. The first-order valence-electron chi connectivity index (χ1n) is 7.10. The van der Waals surface area contributed by atoms with Crippen molar-refractivity contribution in [3.63, 3.8) is 0 Å². The van der Waals surface area contributed by atoms with E-state index in [2.05, 4.69) is 12.2 Å². The SMILES string of the molecule is CCCNC(CCCOC)C1CCCCC1. The Kier molecular flexibility index (Phi) is 7.87. The molecule has 0 aromatic heterocycles. The van der Waals surface area contributed by atoms with Gasteiger partial charge in [0.25, 0.3) is 0 Å². The highest BCUT2D eigenvalue weighted by Gasteiger charge is 2.22. The van der Waals surface area contributed by atoms with Gasteiger partial charge >= 0.3 is 0 Å². The van der Waals surface area contributed by atoms with Crippen LogP contribution in [0.15, 0.2) is 0 Å². The van der Waals surface area contributed by atoms with Crippen LogP contribution in [-0.4, -0.2) is 26.3 Å². The van der Waals surface area contributed by atoms with Gasteiger partial charge in [0.1, 0.15) is 0 Å². The largest absolute Gasteiger partial charge is 0.385 e. The second-order valence-corrected chi connectivity index (χ2v) is 5.09. The molecule has 1 N–H and O–H groups in total. The minimum Gasteiger partial charge on any atom is -0.385 e. The summed E-state index contributed by atoms with van der Waals surface area (Å²) < 4.78 is 5.16. The van der Waals surface area contributed by atoms with Crippen molar-refractivity contribution >= 4 is 0 Å². The fourth-order valence-corrected chi connectivity index (χ4v) is 2.82. The first-order chi connectivity index (χ1) is 7.88. The smallest absolute Gasteiger partial charge is 0.0462 e. The van der Waals surface area contributed by atoms with E-state index in [4.69, 9.17) is 4.74 Å². The Bertz CT molecular complexity index is 155. The van der Waals surface area contributed by atoms with Gasteiger partial charge in [-0.05, 0) is 44.6 Å². The van der Waals surface area contributed by atoms with Gasteiger partial charge in [-0.1, -0.05) is 26.2 Å². The van der Waals surface area contributed by atoms with Crippen molar-refractivity contribution in [3.05, 3.63) is 0 Å². The molecule has 16 heavy (non-hydrogen) atoms. The van der Waals surface area contributed by atoms with Crippen molar-refractivity contribution in [2.24, 2.45) is 5.92 Å². The van der Waals surface area contributed by atoms with Gasteiger partial charge in [0, 0.05) is 19.8 Å². The van der Waals surface area contributed by atoms with Gasteiger partial charge in [0.15, 0.2) is 0 Å². The highest BCUT2D eigenvalue weighted by atomic mass is 16.5. The molecule has 0 heterocycles. The van der Waals surface area contributed by atoms with Crippen molar-refractivity contribution in [1.82, 2.24) is 5.32 Å². The van der Waals surface area contributed by atoms with E-state index in [-0.39, 0.29) is 0 Å². The monoisotopic (exact) mass is 227 g/mol. The third-order valence-electron chi connectivity index (χ3n) is 3.74. The lowest BCUT2D eigenvalue weighted by atomic mass is 9.82. The van der Waals surface area contributed by atoms with Crippen molar-refractivity contribution < 1.29 is 4.74 Å². The third-order valence-corrected chi connectivity index (χ3v) is 3.74. The lowest BCUT2D eigenvalue weighted by Gasteiger charge is -2.31. The van der Waals surface area contributed by atoms with Gasteiger partial charge in [-0.3, -0.25) is 0 Å². The van der Waals surface area contributed by atoms with Crippen LogP contribution in [-0.2, 0) is 4.74 Å². The predicted molar refractivity (Wildman–Crippen MR) is 69.8 cm³/mol. The van der Waals surface area contributed by atoms with Crippen LogP contribution < -0.4 is 5.32 Å². The zero-order valence-electron chi connectivity index (χ0n) is 11.1. The van der Waals surface area contributed by atoms with E-state index in [0.717, 1.165) is 18.6 Å². The Labute approximate surface area is 101 Å². The summed E-state index contributed by atoms with van der Waals surface area (Å²) in [7, 11) is 1.80. The quantitative estimate of drug-likeness (QED) is 0.642. The van der Waals surface area contributed by atoms with E-state index in [1.807, 2.05) is 0 Å². The van der Waals surface area contributed by atoms with Crippen LogP contribution in [0.25, 0.3) is 0 Å². The standard InChI is InChI=1S/C14H29NO/c1-3-11-15-14(10-7-12-16-2)13-8-5-4-6-9-13/h13-15H,3-12H2,1-2H3. The molecule has 1 rings (SSSR count). The fraction of sp³-hybridized carbons (Fsp3) is 1.00.